The Labute approximate surface area is 171 Å². The van der Waals surface area contributed by atoms with Gasteiger partial charge in [-0.25, -0.2) is 0 Å². The van der Waals surface area contributed by atoms with Gasteiger partial charge in [0.1, 0.15) is 11.5 Å². The Kier molecular flexibility index (Phi) is 7.86. The molecule has 1 heterocycles. The minimum Gasteiger partial charge on any atom is -0.508 e. The van der Waals surface area contributed by atoms with Crippen LogP contribution in [0.5, 0.6) is 11.5 Å². The molecule has 0 spiro atoms. The van der Waals surface area contributed by atoms with Crippen LogP contribution in [0.3, 0.4) is 0 Å². The van der Waals surface area contributed by atoms with Crippen LogP contribution in [-0.2, 0) is 22.6 Å². The van der Waals surface area contributed by atoms with Crippen molar-refractivity contribution in [3.05, 3.63) is 59.7 Å². The summed E-state index contributed by atoms with van der Waals surface area (Å²) in [5.74, 6) is 0.580. The minimum atomic E-state index is 0.0735. The number of aromatic hydroxyl groups is 2. The first-order chi connectivity index (χ1) is 14.1. The van der Waals surface area contributed by atoms with E-state index >= 15 is 0 Å². The minimum absolute atomic E-state index is 0.0735. The maximum atomic E-state index is 12.7. The molecule has 0 atom stereocenters. The summed E-state index contributed by atoms with van der Waals surface area (Å²) in [4.78, 5) is 16.6. The number of phenolic OH excluding ortho intramolecular Hbond substituents is 2. The van der Waals surface area contributed by atoms with Gasteiger partial charge in [0.05, 0.1) is 19.8 Å². The highest BCUT2D eigenvalue weighted by atomic mass is 16.5. The molecule has 2 aromatic rings. The van der Waals surface area contributed by atoms with Gasteiger partial charge in [0.15, 0.2) is 0 Å². The highest BCUT2D eigenvalue weighted by Gasteiger charge is 2.20. The van der Waals surface area contributed by atoms with Gasteiger partial charge in [0.2, 0.25) is 5.91 Å². The number of rotatable bonds is 9. The summed E-state index contributed by atoms with van der Waals surface area (Å²) in [7, 11) is 0. The van der Waals surface area contributed by atoms with Crippen molar-refractivity contribution >= 4 is 5.91 Å². The predicted molar refractivity (Wildman–Crippen MR) is 111 cm³/mol. The van der Waals surface area contributed by atoms with Crippen molar-refractivity contribution in [1.29, 1.82) is 0 Å². The van der Waals surface area contributed by atoms with Crippen LogP contribution in [0.1, 0.15) is 11.1 Å². The summed E-state index contributed by atoms with van der Waals surface area (Å²) in [5, 5.41) is 23.3. The Balaban J connectivity index is 1.56. The highest BCUT2D eigenvalue weighted by Crippen LogP contribution is 2.18. The molecular formula is C22H29N3O4. The van der Waals surface area contributed by atoms with Gasteiger partial charge < -0.3 is 25.2 Å². The van der Waals surface area contributed by atoms with E-state index < -0.39 is 0 Å². The molecule has 1 fully saturated rings. The number of ether oxygens (including phenoxy) is 1. The normalized spacial score (nSPS) is 14.3. The molecule has 156 valence electrons. The van der Waals surface area contributed by atoms with Crippen LogP contribution in [-0.4, -0.2) is 71.9 Å². The first-order valence-electron chi connectivity index (χ1n) is 9.96. The van der Waals surface area contributed by atoms with Crippen molar-refractivity contribution in [3.8, 4) is 11.5 Å². The zero-order valence-electron chi connectivity index (χ0n) is 16.6. The number of carbonyl (C=O) groups is 1. The van der Waals surface area contributed by atoms with Gasteiger partial charge in [-0.3, -0.25) is 9.69 Å². The monoisotopic (exact) mass is 399 g/mol. The number of hydrogen-bond donors (Lipinski definition) is 3. The molecule has 0 radical (unpaired) electrons. The summed E-state index contributed by atoms with van der Waals surface area (Å²) >= 11 is 0. The Hall–Kier alpha value is -2.61. The fraction of sp³-hybridized carbons (Fsp3) is 0.409. The van der Waals surface area contributed by atoms with E-state index in [-0.39, 0.29) is 24.0 Å². The second-order valence-electron chi connectivity index (χ2n) is 7.14. The van der Waals surface area contributed by atoms with Crippen LogP contribution >= 0.6 is 0 Å². The molecule has 1 aliphatic heterocycles. The van der Waals surface area contributed by atoms with Crippen LogP contribution < -0.4 is 5.32 Å². The van der Waals surface area contributed by atoms with Gasteiger partial charge in [0.25, 0.3) is 0 Å². The summed E-state index contributed by atoms with van der Waals surface area (Å²) in [5.41, 5.74) is 1.63. The number of carbonyl (C=O) groups excluding carboxylic acids is 1. The smallest absolute Gasteiger partial charge is 0.236 e. The molecule has 0 aliphatic carbocycles. The Morgan fingerprint density at radius 1 is 1.00 bits per heavy atom. The molecule has 1 aliphatic rings. The maximum absolute atomic E-state index is 12.7. The molecule has 2 aromatic carbocycles. The third-order valence-corrected chi connectivity index (χ3v) is 5.02. The van der Waals surface area contributed by atoms with Crippen LogP contribution in [0.25, 0.3) is 0 Å². The number of nitrogens with zero attached hydrogens (tertiary/aromatic N) is 2. The van der Waals surface area contributed by atoms with E-state index in [1.165, 1.54) is 0 Å². The van der Waals surface area contributed by atoms with Crippen molar-refractivity contribution in [2.75, 3.05) is 45.9 Å². The van der Waals surface area contributed by atoms with Gasteiger partial charge in [-0.2, -0.15) is 0 Å². The zero-order valence-corrected chi connectivity index (χ0v) is 16.6. The quantitative estimate of drug-likeness (QED) is 0.555. The summed E-state index contributed by atoms with van der Waals surface area (Å²) < 4.78 is 5.33. The van der Waals surface area contributed by atoms with Gasteiger partial charge in [-0.1, -0.05) is 36.4 Å². The van der Waals surface area contributed by atoms with E-state index in [1.54, 1.807) is 24.3 Å². The van der Waals surface area contributed by atoms with E-state index in [0.717, 1.165) is 11.1 Å². The largest absolute Gasteiger partial charge is 0.508 e. The maximum Gasteiger partial charge on any atom is 0.236 e. The van der Waals surface area contributed by atoms with E-state index in [0.29, 0.717) is 52.5 Å². The molecule has 3 rings (SSSR count). The van der Waals surface area contributed by atoms with Crippen LogP contribution in [0, 0.1) is 0 Å². The number of para-hydroxylation sites is 2. The van der Waals surface area contributed by atoms with Gasteiger partial charge in [-0.15, -0.1) is 0 Å². The SMILES string of the molecule is O=C(CN(CCNCc1ccccc1O)Cc1ccccc1O)N1CCOCC1. The number of phenols is 2. The molecule has 7 nitrogen and oxygen atoms in total. The van der Waals surface area contributed by atoms with E-state index in [1.807, 2.05) is 34.1 Å². The molecule has 0 unspecified atom stereocenters. The molecule has 0 saturated carbocycles. The lowest BCUT2D eigenvalue weighted by Gasteiger charge is -2.30. The average Bonchev–Trinajstić information content (AvgIpc) is 2.74. The second-order valence-corrected chi connectivity index (χ2v) is 7.14. The number of hydrogen-bond acceptors (Lipinski definition) is 6. The third kappa shape index (κ3) is 6.45. The molecular weight excluding hydrogens is 370 g/mol. The predicted octanol–water partition coefficient (Wildman–Crippen LogP) is 1.55. The van der Waals surface area contributed by atoms with Crippen molar-refractivity contribution in [2.24, 2.45) is 0 Å². The average molecular weight is 399 g/mol. The van der Waals surface area contributed by atoms with Crippen LogP contribution in [0.15, 0.2) is 48.5 Å². The molecule has 1 amide bonds. The lowest BCUT2D eigenvalue weighted by Crippen LogP contribution is -2.46. The fourth-order valence-corrected chi connectivity index (χ4v) is 3.32. The van der Waals surface area contributed by atoms with E-state index in [2.05, 4.69) is 5.32 Å². The molecule has 3 N–H and O–H groups in total. The summed E-state index contributed by atoms with van der Waals surface area (Å²) in [6.07, 6.45) is 0. The molecule has 1 saturated heterocycles. The van der Waals surface area contributed by atoms with Crippen LogP contribution in [0.4, 0.5) is 0 Å². The van der Waals surface area contributed by atoms with Gasteiger partial charge >= 0.3 is 0 Å². The topological polar surface area (TPSA) is 85.3 Å². The van der Waals surface area contributed by atoms with Crippen LogP contribution in [0.2, 0.25) is 0 Å². The fourth-order valence-electron chi connectivity index (χ4n) is 3.32. The molecule has 29 heavy (non-hydrogen) atoms. The number of amides is 1. The van der Waals surface area contributed by atoms with E-state index in [4.69, 9.17) is 4.74 Å². The highest BCUT2D eigenvalue weighted by molar-refractivity contribution is 5.78. The molecule has 0 aromatic heterocycles. The van der Waals surface area contributed by atoms with E-state index in [9.17, 15) is 15.0 Å². The van der Waals surface area contributed by atoms with Gasteiger partial charge in [0, 0.05) is 50.4 Å². The first kappa shape index (κ1) is 21.1. The number of benzene rings is 2. The zero-order chi connectivity index (χ0) is 20.5. The lowest BCUT2D eigenvalue weighted by molar-refractivity contribution is -0.136. The third-order valence-electron chi connectivity index (χ3n) is 5.02. The Bertz CT molecular complexity index is 793. The number of nitrogens with one attached hydrogen (secondary N) is 1. The standard InChI is InChI=1S/C22H29N3O4/c26-20-7-3-1-5-18(20)15-23-9-10-24(16-19-6-2-4-8-21(19)27)17-22(28)25-11-13-29-14-12-25/h1-8,23,26-27H,9-17H2. The van der Waals surface area contributed by atoms with Crippen molar-refractivity contribution in [3.63, 3.8) is 0 Å². The van der Waals surface area contributed by atoms with Gasteiger partial charge in [-0.05, 0) is 12.1 Å². The Morgan fingerprint density at radius 2 is 1.62 bits per heavy atom. The lowest BCUT2D eigenvalue weighted by atomic mass is 10.2. The molecule has 7 heteroatoms. The second kappa shape index (κ2) is 10.8. The molecule has 0 bridgehead atoms. The van der Waals surface area contributed by atoms with Crippen molar-refractivity contribution in [2.45, 2.75) is 13.1 Å². The Morgan fingerprint density at radius 3 is 2.28 bits per heavy atom. The summed E-state index contributed by atoms with van der Waals surface area (Å²) in [6.45, 7) is 5.00. The number of morpholine rings is 1. The summed E-state index contributed by atoms with van der Waals surface area (Å²) in [6, 6.07) is 14.4. The van der Waals surface area contributed by atoms with Crippen molar-refractivity contribution < 1.29 is 19.7 Å². The first-order valence-corrected chi connectivity index (χ1v) is 9.96. The van der Waals surface area contributed by atoms with Crippen molar-refractivity contribution in [1.82, 2.24) is 15.1 Å².